The summed E-state index contributed by atoms with van der Waals surface area (Å²) in [4.78, 5) is 13.6. The van der Waals surface area contributed by atoms with Crippen LogP contribution >= 0.6 is 11.3 Å². The zero-order valence-electron chi connectivity index (χ0n) is 16.9. The van der Waals surface area contributed by atoms with Crippen molar-refractivity contribution in [3.8, 4) is 17.2 Å². The zero-order chi connectivity index (χ0) is 21.5. The first-order chi connectivity index (χ1) is 14.5. The average Bonchev–Trinajstić information content (AvgIpc) is 3.30. The highest BCUT2D eigenvalue weighted by atomic mass is 32.1. The number of hydrogen-bond donors (Lipinski definition) is 2. The van der Waals surface area contributed by atoms with E-state index >= 15 is 0 Å². The van der Waals surface area contributed by atoms with Gasteiger partial charge in [0.05, 0.1) is 39.5 Å². The monoisotopic (exact) mass is 430 g/mol. The molecule has 1 heterocycles. The molecule has 2 N–H and O–H groups in total. The van der Waals surface area contributed by atoms with Gasteiger partial charge in [-0.2, -0.15) is 0 Å². The highest BCUT2D eigenvalue weighted by molar-refractivity contribution is 7.10. The Bertz CT molecular complexity index is 952. The molecule has 2 amide bonds. The van der Waals surface area contributed by atoms with Crippen molar-refractivity contribution in [3.05, 3.63) is 75.7 Å². The number of hydrogen-bond acceptors (Lipinski definition) is 5. The van der Waals surface area contributed by atoms with Crippen LogP contribution in [0.25, 0.3) is 0 Å². The lowest BCUT2D eigenvalue weighted by Crippen LogP contribution is -2.37. The van der Waals surface area contributed by atoms with Crippen LogP contribution in [0.4, 0.5) is 9.18 Å². The predicted molar refractivity (Wildman–Crippen MR) is 114 cm³/mol. The Kier molecular flexibility index (Phi) is 7.13. The van der Waals surface area contributed by atoms with Crippen molar-refractivity contribution in [2.45, 2.75) is 12.6 Å². The molecule has 0 bridgehead atoms. The Labute approximate surface area is 178 Å². The third-order valence-electron chi connectivity index (χ3n) is 4.55. The van der Waals surface area contributed by atoms with E-state index in [1.807, 2.05) is 17.5 Å². The number of rotatable bonds is 8. The summed E-state index contributed by atoms with van der Waals surface area (Å²) in [6, 6.07) is 12.6. The van der Waals surface area contributed by atoms with Crippen LogP contribution in [0.3, 0.4) is 0 Å². The second-order valence-electron chi connectivity index (χ2n) is 6.34. The Morgan fingerprint density at radius 2 is 1.70 bits per heavy atom. The van der Waals surface area contributed by atoms with Crippen molar-refractivity contribution in [3.63, 3.8) is 0 Å². The van der Waals surface area contributed by atoms with Gasteiger partial charge in [-0.3, -0.25) is 0 Å². The van der Waals surface area contributed by atoms with Crippen molar-refractivity contribution in [1.82, 2.24) is 10.6 Å². The van der Waals surface area contributed by atoms with Gasteiger partial charge in [0.15, 0.2) is 0 Å². The summed E-state index contributed by atoms with van der Waals surface area (Å²) in [6.45, 7) is 0.183. The molecule has 0 aliphatic carbocycles. The van der Waals surface area contributed by atoms with E-state index in [9.17, 15) is 9.18 Å². The van der Waals surface area contributed by atoms with E-state index in [4.69, 9.17) is 14.2 Å². The fourth-order valence-corrected chi connectivity index (χ4v) is 3.83. The van der Waals surface area contributed by atoms with Crippen LogP contribution < -0.4 is 24.8 Å². The second kappa shape index (κ2) is 9.98. The molecule has 0 aliphatic heterocycles. The molecule has 158 valence electrons. The molecule has 0 spiro atoms. The first kappa shape index (κ1) is 21.4. The zero-order valence-corrected chi connectivity index (χ0v) is 17.7. The lowest BCUT2D eigenvalue weighted by molar-refractivity contribution is 0.238. The lowest BCUT2D eigenvalue weighted by Gasteiger charge is -2.20. The van der Waals surface area contributed by atoms with Crippen LogP contribution in [0.2, 0.25) is 0 Å². The number of halogens is 1. The Hall–Kier alpha value is -3.26. The number of carbonyl (C=O) groups is 1. The van der Waals surface area contributed by atoms with Crippen molar-refractivity contribution in [1.29, 1.82) is 0 Å². The van der Waals surface area contributed by atoms with Gasteiger partial charge in [0.2, 0.25) is 0 Å². The van der Waals surface area contributed by atoms with Crippen LogP contribution in [0, 0.1) is 5.82 Å². The molecule has 8 heteroatoms. The molecule has 2 aromatic carbocycles. The maximum absolute atomic E-state index is 13.3. The molecule has 1 aromatic heterocycles. The number of benzene rings is 2. The Morgan fingerprint density at radius 1 is 1.03 bits per heavy atom. The number of methoxy groups -OCH3 is 3. The summed E-state index contributed by atoms with van der Waals surface area (Å²) in [5.74, 6) is 1.34. The van der Waals surface area contributed by atoms with Crippen LogP contribution in [0.15, 0.2) is 53.9 Å². The average molecular weight is 431 g/mol. The fourth-order valence-electron chi connectivity index (χ4n) is 3.03. The standard InChI is InChI=1S/C22H23FN2O4S/c1-27-16-11-18(28-2)17(19(12-16)29-3)13-24-22(26)25-21(20-5-4-10-30-20)14-6-8-15(23)9-7-14/h4-12,21H,13H2,1-3H3,(H2,24,25,26). The van der Waals surface area contributed by atoms with Gasteiger partial charge in [-0.05, 0) is 29.1 Å². The number of urea groups is 1. The minimum Gasteiger partial charge on any atom is -0.496 e. The van der Waals surface area contributed by atoms with E-state index in [1.165, 1.54) is 23.5 Å². The van der Waals surface area contributed by atoms with Gasteiger partial charge in [0.25, 0.3) is 0 Å². The molecule has 0 saturated heterocycles. The number of nitrogens with one attached hydrogen (secondary N) is 2. The van der Waals surface area contributed by atoms with Gasteiger partial charge in [-0.15, -0.1) is 11.3 Å². The molecule has 0 radical (unpaired) electrons. The molecule has 1 unspecified atom stereocenters. The number of thiophene rings is 1. The molecular formula is C22H23FN2O4S. The molecule has 0 aliphatic rings. The highest BCUT2D eigenvalue weighted by Crippen LogP contribution is 2.34. The van der Waals surface area contributed by atoms with E-state index in [0.717, 1.165) is 10.4 Å². The van der Waals surface area contributed by atoms with E-state index in [1.54, 1.807) is 45.6 Å². The summed E-state index contributed by atoms with van der Waals surface area (Å²) < 4.78 is 29.4. The van der Waals surface area contributed by atoms with Crippen molar-refractivity contribution in [2.75, 3.05) is 21.3 Å². The summed E-state index contributed by atoms with van der Waals surface area (Å²) >= 11 is 1.51. The SMILES string of the molecule is COc1cc(OC)c(CNC(=O)NC(c2ccc(F)cc2)c2cccs2)c(OC)c1. The van der Waals surface area contributed by atoms with Gasteiger partial charge in [-0.1, -0.05) is 18.2 Å². The van der Waals surface area contributed by atoms with E-state index in [2.05, 4.69) is 10.6 Å². The van der Waals surface area contributed by atoms with Crippen LogP contribution in [-0.2, 0) is 6.54 Å². The molecule has 3 rings (SSSR count). The van der Waals surface area contributed by atoms with Crippen molar-refractivity contribution < 1.29 is 23.4 Å². The molecule has 3 aromatic rings. The Morgan fingerprint density at radius 3 is 2.23 bits per heavy atom. The number of amides is 2. The molecule has 0 fully saturated rings. The smallest absolute Gasteiger partial charge is 0.315 e. The third kappa shape index (κ3) is 5.01. The van der Waals surface area contributed by atoms with E-state index < -0.39 is 6.04 Å². The number of carbonyl (C=O) groups excluding carboxylic acids is 1. The molecular weight excluding hydrogens is 407 g/mol. The van der Waals surface area contributed by atoms with Crippen LogP contribution in [-0.4, -0.2) is 27.4 Å². The van der Waals surface area contributed by atoms with Crippen molar-refractivity contribution in [2.24, 2.45) is 0 Å². The van der Waals surface area contributed by atoms with Crippen LogP contribution in [0.5, 0.6) is 17.2 Å². The summed E-state index contributed by atoms with van der Waals surface area (Å²) in [5, 5.41) is 7.72. The molecule has 1 atom stereocenters. The number of ether oxygens (including phenoxy) is 3. The van der Waals surface area contributed by atoms with E-state index in [0.29, 0.717) is 22.8 Å². The van der Waals surface area contributed by atoms with Gasteiger partial charge >= 0.3 is 6.03 Å². The molecule has 30 heavy (non-hydrogen) atoms. The summed E-state index contributed by atoms with van der Waals surface area (Å²) in [5.41, 5.74) is 1.47. The first-order valence-electron chi connectivity index (χ1n) is 9.17. The normalized spacial score (nSPS) is 11.5. The Balaban J connectivity index is 1.76. The maximum Gasteiger partial charge on any atom is 0.315 e. The van der Waals surface area contributed by atoms with Gasteiger partial charge < -0.3 is 24.8 Å². The second-order valence-corrected chi connectivity index (χ2v) is 7.32. The molecule has 6 nitrogen and oxygen atoms in total. The summed E-state index contributed by atoms with van der Waals surface area (Å²) in [7, 11) is 4.64. The minimum absolute atomic E-state index is 0.183. The lowest BCUT2D eigenvalue weighted by atomic mass is 10.1. The molecule has 0 saturated carbocycles. The predicted octanol–water partition coefficient (Wildman–Crippen LogP) is 4.50. The minimum atomic E-state index is -0.398. The largest absolute Gasteiger partial charge is 0.496 e. The third-order valence-corrected chi connectivity index (χ3v) is 5.49. The van der Waals surface area contributed by atoms with Gasteiger partial charge in [0, 0.05) is 17.0 Å². The summed E-state index contributed by atoms with van der Waals surface area (Å²) in [6.07, 6.45) is 0. The topological polar surface area (TPSA) is 68.8 Å². The maximum atomic E-state index is 13.3. The van der Waals surface area contributed by atoms with Gasteiger partial charge in [-0.25, -0.2) is 9.18 Å². The first-order valence-corrected chi connectivity index (χ1v) is 10.1. The quantitative estimate of drug-likeness (QED) is 0.552. The van der Waals surface area contributed by atoms with Gasteiger partial charge in [0.1, 0.15) is 23.1 Å². The van der Waals surface area contributed by atoms with Crippen LogP contribution in [0.1, 0.15) is 22.0 Å². The van der Waals surface area contributed by atoms with E-state index in [-0.39, 0.29) is 18.4 Å². The fraction of sp³-hybridized carbons (Fsp3) is 0.227. The highest BCUT2D eigenvalue weighted by Gasteiger charge is 2.19. The van der Waals surface area contributed by atoms with Crippen molar-refractivity contribution >= 4 is 17.4 Å².